The van der Waals surface area contributed by atoms with E-state index in [1.54, 1.807) is 12.4 Å². The highest BCUT2D eigenvalue weighted by atomic mass is 35.5. The Labute approximate surface area is 112 Å². The van der Waals surface area contributed by atoms with Gasteiger partial charge in [-0.15, -0.1) is 0 Å². The first kappa shape index (κ1) is 13.0. The Morgan fingerprint density at radius 3 is 2.50 bits per heavy atom. The molecule has 2 aromatic heterocycles. The second-order valence-electron chi connectivity index (χ2n) is 4.34. The zero-order valence-electron chi connectivity index (χ0n) is 10.5. The molecule has 0 saturated carbocycles. The molecule has 0 amide bonds. The summed E-state index contributed by atoms with van der Waals surface area (Å²) in [6.45, 7) is 2.97. The summed E-state index contributed by atoms with van der Waals surface area (Å²) in [6, 6.07) is 6.35. The smallest absolute Gasteiger partial charge is 0.0634 e. The zero-order valence-corrected chi connectivity index (χ0v) is 11.3. The van der Waals surface area contributed by atoms with Gasteiger partial charge in [-0.3, -0.25) is 14.9 Å². The van der Waals surface area contributed by atoms with Gasteiger partial charge in [0, 0.05) is 37.4 Å². The fourth-order valence-corrected chi connectivity index (χ4v) is 2.01. The Balaban J connectivity index is 2.09. The molecule has 0 radical (unpaired) electrons. The lowest BCUT2D eigenvalue weighted by Gasteiger charge is -2.25. The maximum Gasteiger partial charge on any atom is 0.0634 e. The number of nitrogens with zero attached hydrogens (tertiary/aromatic N) is 3. The number of rotatable bonds is 4. The molecule has 0 aromatic carbocycles. The van der Waals surface area contributed by atoms with E-state index >= 15 is 0 Å². The Bertz CT molecular complexity index is 501. The molecule has 0 unspecified atom stereocenters. The number of hydrogen-bond donors (Lipinski definition) is 0. The maximum atomic E-state index is 6.12. The fourth-order valence-electron chi connectivity index (χ4n) is 1.83. The molecule has 2 aromatic rings. The number of hydrogen-bond acceptors (Lipinski definition) is 3. The van der Waals surface area contributed by atoms with Gasteiger partial charge in [-0.1, -0.05) is 11.6 Å². The van der Waals surface area contributed by atoms with Gasteiger partial charge in [0.15, 0.2) is 0 Å². The van der Waals surface area contributed by atoms with E-state index in [0.717, 1.165) is 12.1 Å². The van der Waals surface area contributed by atoms with Gasteiger partial charge < -0.3 is 0 Å². The third-order valence-corrected chi connectivity index (χ3v) is 3.47. The van der Waals surface area contributed by atoms with E-state index < -0.39 is 0 Å². The van der Waals surface area contributed by atoms with E-state index in [4.69, 9.17) is 11.6 Å². The van der Waals surface area contributed by atoms with Crippen LogP contribution < -0.4 is 0 Å². The predicted octanol–water partition coefficient (Wildman–Crippen LogP) is 3.32. The Morgan fingerprint density at radius 1 is 1.17 bits per heavy atom. The highest BCUT2D eigenvalue weighted by molar-refractivity contribution is 6.31. The van der Waals surface area contributed by atoms with Crippen LogP contribution in [0.5, 0.6) is 0 Å². The average Bonchev–Trinajstić information content (AvgIpc) is 2.41. The molecule has 18 heavy (non-hydrogen) atoms. The first-order valence-corrected chi connectivity index (χ1v) is 6.25. The van der Waals surface area contributed by atoms with Gasteiger partial charge in [-0.2, -0.15) is 0 Å². The first-order chi connectivity index (χ1) is 8.68. The van der Waals surface area contributed by atoms with Crippen LogP contribution in [0.25, 0.3) is 0 Å². The molecular formula is C14H16ClN3. The van der Waals surface area contributed by atoms with Crippen molar-refractivity contribution in [3.63, 3.8) is 0 Å². The van der Waals surface area contributed by atoms with E-state index in [-0.39, 0.29) is 0 Å². The number of halogens is 1. The third-order valence-electron chi connectivity index (χ3n) is 3.13. The van der Waals surface area contributed by atoms with Crippen LogP contribution in [0.15, 0.2) is 43.0 Å². The van der Waals surface area contributed by atoms with Gasteiger partial charge in [-0.25, -0.2) is 0 Å². The van der Waals surface area contributed by atoms with E-state index in [2.05, 4.69) is 28.8 Å². The van der Waals surface area contributed by atoms with Crippen molar-refractivity contribution < 1.29 is 0 Å². The standard InChI is InChI=1S/C14H16ClN3/c1-11(12-3-6-16-7-4-12)18(2)10-13-5-8-17-9-14(13)15/h3-9,11H,10H2,1-2H3/t11-/m0/s1. The minimum absolute atomic E-state index is 0.317. The molecule has 0 aliphatic rings. The topological polar surface area (TPSA) is 29.0 Å². The van der Waals surface area contributed by atoms with Crippen LogP contribution in [0.3, 0.4) is 0 Å². The largest absolute Gasteiger partial charge is 0.295 e. The third kappa shape index (κ3) is 3.06. The summed E-state index contributed by atoms with van der Waals surface area (Å²) in [6.07, 6.45) is 7.09. The van der Waals surface area contributed by atoms with Crippen LogP contribution in [0.1, 0.15) is 24.1 Å². The SMILES string of the molecule is C[C@@H](c1ccncc1)N(C)Cc1ccncc1Cl. The molecular weight excluding hydrogens is 246 g/mol. The van der Waals surface area contributed by atoms with Crippen LogP contribution in [0.4, 0.5) is 0 Å². The van der Waals surface area contributed by atoms with E-state index in [1.165, 1.54) is 5.56 Å². The molecule has 3 nitrogen and oxygen atoms in total. The highest BCUT2D eigenvalue weighted by Crippen LogP contribution is 2.22. The summed E-state index contributed by atoms with van der Waals surface area (Å²) in [7, 11) is 2.09. The zero-order chi connectivity index (χ0) is 13.0. The minimum atomic E-state index is 0.317. The van der Waals surface area contributed by atoms with Crippen LogP contribution in [0, 0.1) is 0 Å². The van der Waals surface area contributed by atoms with Gasteiger partial charge in [0.05, 0.1) is 5.02 Å². The van der Waals surface area contributed by atoms with Crippen molar-refractivity contribution in [2.45, 2.75) is 19.5 Å². The molecule has 1 atom stereocenters. The summed E-state index contributed by atoms with van der Waals surface area (Å²) < 4.78 is 0. The van der Waals surface area contributed by atoms with Crippen LogP contribution in [-0.4, -0.2) is 21.9 Å². The minimum Gasteiger partial charge on any atom is -0.295 e. The lowest BCUT2D eigenvalue weighted by Crippen LogP contribution is -2.22. The van der Waals surface area contributed by atoms with Gasteiger partial charge in [0.2, 0.25) is 0 Å². The van der Waals surface area contributed by atoms with Crippen LogP contribution >= 0.6 is 11.6 Å². The first-order valence-electron chi connectivity index (χ1n) is 5.87. The summed E-state index contributed by atoms with van der Waals surface area (Å²) in [5.41, 5.74) is 2.34. The summed E-state index contributed by atoms with van der Waals surface area (Å²) in [4.78, 5) is 10.3. The van der Waals surface area contributed by atoms with Crippen molar-refractivity contribution >= 4 is 11.6 Å². The summed E-state index contributed by atoms with van der Waals surface area (Å²) in [5, 5.41) is 0.714. The van der Waals surface area contributed by atoms with Crippen molar-refractivity contribution in [3.8, 4) is 0 Å². The van der Waals surface area contributed by atoms with Gasteiger partial charge in [0.1, 0.15) is 0 Å². The van der Waals surface area contributed by atoms with Gasteiger partial charge in [-0.05, 0) is 43.3 Å². The monoisotopic (exact) mass is 261 g/mol. The van der Waals surface area contributed by atoms with Gasteiger partial charge >= 0.3 is 0 Å². The molecule has 0 aliphatic carbocycles. The average molecular weight is 262 g/mol. The lowest BCUT2D eigenvalue weighted by molar-refractivity contribution is 0.253. The normalized spacial score (nSPS) is 12.7. The second kappa shape index (κ2) is 5.94. The molecule has 94 valence electrons. The Morgan fingerprint density at radius 2 is 1.83 bits per heavy atom. The van der Waals surface area contributed by atoms with E-state index in [1.807, 2.05) is 30.6 Å². The van der Waals surface area contributed by atoms with Crippen molar-refractivity contribution in [3.05, 3.63) is 59.1 Å². The van der Waals surface area contributed by atoms with E-state index in [9.17, 15) is 0 Å². The predicted molar refractivity (Wildman–Crippen MR) is 73.4 cm³/mol. The summed E-state index contributed by atoms with van der Waals surface area (Å²) >= 11 is 6.12. The molecule has 0 saturated heterocycles. The fraction of sp³-hybridized carbons (Fsp3) is 0.286. The maximum absolute atomic E-state index is 6.12. The molecule has 4 heteroatoms. The van der Waals surface area contributed by atoms with Crippen LogP contribution in [-0.2, 0) is 6.54 Å². The van der Waals surface area contributed by atoms with Crippen molar-refractivity contribution in [2.24, 2.45) is 0 Å². The molecule has 0 bridgehead atoms. The van der Waals surface area contributed by atoms with Gasteiger partial charge in [0.25, 0.3) is 0 Å². The molecule has 2 heterocycles. The van der Waals surface area contributed by atoms with E-state index in [0.29, 0.717) is 11.1 Å². The highest BCUT2D eigenvalue weighted by Gasteiger charge is 2.12. The molecule has 0 N–H and O–H groups in total. The Kier molecular flexibility index (Phi) is 4.28. The number of pyridine rings is 2. The van der Waals surface area contributed by atoms with Crippen LogP contribution in [0.2, 0.25) is 5.02 Å². The molecule has 2 rings (SSSR count). The molecule has 0 spiro atoms. The van der Waals surface area contributed by atoms with Crippen molar-refractivity contribution in [1.29, 1.82) is 0 Å². The van der Waals surface area contributed by atoms with Crippen molar-refractivity contribution in [1.82, 2.24) is 14.9 Å². The quantitative estimate of drug-likeness (QED) is 0.845. The van der Waals surface area contributed by atoms with Crippen molar-refractivity contribution in [2.75, 3.05) is 7.05 Å². The second-order valence-corrected chi connectivity index (χ2v) is 4.75. The lowest BCUT2D eigenvalue weighted by atomic mass is 10.1. The molecule has 0 fully saturated rings. The number of aromatic nitrogens is 2. The Hall–Kier alpha value is -1.45. The molecule has 0 aliphatic heterocycles. The summed E-state index contributed by atoms with van der Waals surface area (Å²) in [5.74, 6) is 0.